The van der Waals surface area contributed by atoms with E-state index in [0.717, 1.165) is 28.2 Å². The number of benzene rings is 1. The summed E-state index contributed by atoms with van der Waals surface area (Å²) < 4.78 is 0. The van der Waals surface area contributed by atoms with Crippen LogP contribution in [0.2, 0.25) is 0 Å². The predicted octanol–water partition coefficient (Wildman–Crippen LogP) is 3.14. The Morgan fingerprint density at radius 3 is 2.27 bits per heavy atom. The summed E-state index contributed by atoms with van der Waals surface area (Å²) in [6.07, 6.45) is 0. The van der Waals surface area contributed by atoms with Gasteiger partial charge in [-0.3, -0.25) is 4.79 Å². The van der Waals surface area contributed by atoms with Crippen molar-refractivity contribution in [3.63, 3.8) is 0 Å². The zero-order valence-electron chi connectivity index (χ0n) is 13.5. The van der Waals surface area contributed by atoms with Crippen LogP contribution in [0, 0.1) is 34.6 Å². The molecule has 0 radical (unpaired) electrons. The van der Waals surface area contributed by atoms with Gasteiger partial charge < -0.3 is 5.32 Å². The number of thioether (sulfide) groups is 1. The van der Waals surface area contributed by atoms with E-state index in [1.165, 1.54) is 17.3 Å². The van der Waals surface area contributed by atoms with Crippen LogP contribution in [0.4, 0.5) is 5.69 Å². The fourth-order valence-corrected chi connectivity index (χ4v) is 2.81. The molecule has 116 valence electrons. The van der Waals surface area contributed by atoms with E-state index in [1.807, 2.05) is 34.6 Å². The molecule has 22 heavy (non-hydrogen) atoms. The standard InChI is InChI=1S/C16H20N4OS/c1-9-6-10(2)15(11(3)7-9)18-14(21)8-22-16-17-12(4)13(5)19-20-16/h6-7H,8H2,1-5H3,(H,18,21). The van der Waals surface area contributed by atoms with Gasteiger partial charge in [-0.25, -0.2) is 4.98 Å². The van der Waals surface area contributed by atoms with Crippen LogP contribution in [-0.4, -0.2) is 26.8 Å². The highest BCUT2D eigenvalue weighted by molar-refractivity contribution is 7.99. The Labute approximate surface area is 135 Å². The Kier molecular flexibility index (Phi) is 5.13. The van der Waals surface area contributed by atoms with E-state index in [0.29, 0.717) is 5.16 Å². The Morgan fingerprint density at radius 1 is 1.05 bits per heavy atom. The number of hydrogen-bond acceptors (Lipinski definition) is 5. The molecule has 0 atom stereocenters. The zero-order valence-corrected chi connectivity index (χ0v) is 14.3. The van der Waals surface area contributed by atoms with Gasteiger partial charge >= 0.3 is 0 Å². The SMILES string of the molecule is Cc1cc(C)c(NC(=O)CSc2nnc(C)c(C)n2)c(C)c1. The molecule has 0 unspecified atom stereocenters. The van der Waals surface area contributed by atoms with Crippen LogP contribution in [0.1, 0.15) is 28.1 Å². The lowest BCUT2D eigenvalue weighted by atomic mass is 10.1. The fourth-order valence-electron chi connectivity index (χ4n) is 2.18. The van der Waals surface area contributed by atoms with Crippen LogP contribution in [0.5, 0.6) is 0 Å². The van der Waals surface area contributed by atoms with Crippen molar-refractivity contribution in [1.82, 2.24) is 15.2 Å². The van der Waals surface area contributed by atoms with Gasteiger partial charge in [-0.1, -0.05) is 29.5 Å². The molecule has 1 N–H and O–H groups in total. The van der Waals surface area contributed by atoms with Gasteiger partial charge in [0.25, 0.3) is 0 Å². The highest BCUT2D eigenvalue weighted by Crippen LogP contribution is 2.22. The van der Waals surface area contributed by atoms with E-state index in [9.17, 15) is 4.79 Å². The third-order valence-corrected chi connectivity index (χ3v) is 4.18. The van der Waals surface area contributed by atoms with Crippen LogP contribution in [-0.2, 0) is 4.79 Å². The topological polar surface area (TPSA) is 67.8 Å². The summed E-state index contributed by atoms with van der Waals surface area (Å²) in [5, 5.41) is 11.5. The molecule has 0 aliphatic rings. The molecule has 0 saturated heterocycles. The van der Waals surface area contributed by atoms with E-state index < -0.39 is 0 Å². The van der Waals surface area contributed by atoms with Gasteiger partial charge in [0.15, 0.2) is 0 Å². The average Bonchev–Trinajstić information content (AvgIpc) is 2.44. The summed E-state index contributed by atoms with van der Waals surface area (Å²) in [5.74, 6) is 0.193. The molecule has 1 aromatic heterocycles. The van der Waals surface area contributed by atoms with Crippen LogP contribution < -0.4 is 5.32 Å². The second-order valence-corrected chi connectivity index (χ2v) is 6.32. The minimum absolute atomic E-state index is 0.0677. The largest absolute Gasteiger partial charge is 0.325 e. The number of hydrogen-bond donors (Lipinski definition) is 1. The third-order valence-electron chi connectivity index (χ3n) is 3.35. The second-order valence-electron chi connectivity index (χ2n) is 5.38. The van der Waals surface area contributed by atoms with Crippen molar-refractivity contribution in [1.29, 1.82) is 0 Å². The zero-order chi connectivity index (χ0) is 16.3. The van der Waals surface area contributed by atoms with Crippen LogP contribution in [0.3, 0.4) is 0 Å². The molecular formula is C16H20N4OS. The second kappa shape index (κ2) is 6.87. The normalized spacial score (nSPS) is 10.6. The minimum Gasteiger partial charge on any atom is -0.325 e. The third kappa shape index (κ3) is 4.04. The maximum Gasteiger partial charge on any atom is 0.234 e. The molecule has 0 spiro atoms. The molecule has 5 nitrogen and oxygen atoms in total. The summed E-state index contributed by atoms with van der Waals surface area (Å²) >= 11 is 1.29. The predicted molar refractivity (Wildman–Crippen MR) is 89.3 cm³/mol. The number of rotatable bonds is 4. The van der Waals surface area contributed by atoms with Gasteiger partial charge in [0.05, 0.1) is 17.1 Å². The van der Waals surface area contributed by atoms with Crippen molar-refractivity contribution in [2.24, 2.45) is 0 Å². The van der Waals surface area contributed by atoms with Crippen molar-refractivity contribution in [2.45, 2.75) is 39.8 Å². The number of amides is 1. The fraction of sp³-hybridized carbons (Fsp3) is 0.375. The molecule has 2 rings (SSSR count). The van der Waals surface area contributed by atoms with Gasteiger partial charge in [-0.2, -0.15) is 5.10 Å². The molecule has 0 bridgehead atoms. The summed E-state index contributed by atoms with van der Waals surface area (Å²) in [4.78, 5) is 16.4. The van der Waals surface area contributed by atoms with Gasteiger partial charge in [-0.15, -0.1) is 5.10 Å². The first kappa shape index (κ1) is 16.4. The van der Waals surface area contributed by atoms with E-state index in [1.54, 1.807) is 0 Å². The highest BCUT2D eigenvalue weighted by atomic mass is 32.2. The van der Waals surface area contributed by atoms with E-state index in [2.05, 4.69) is 32.6 Å². The molecule has 0 aliphatic heterocycles. The smallest absolute Gasteiger partial charge is 0.234 e. The number of nitrogens with zero attached hydrogens (tertiary/aromatic N) is 3. The molecule has 0 saturated carbocycles. The lowest BCUT2D eigenvalue weighted by Crippen LogP contribution is -2.16. The van der Waals surface area contributed by atoms with Crippen molar-refractivity contribution in [3.05, 3.63) is 40.2 Å². The first-order chi connectivity index (χ1) is 10.4. The van der Waals surface area contributed by atoms with E-state index in [-0.39, 0.29) is 11.7 Å². The van der Waals surface area contributed by atoms with Crippen LogP contribution in [0.25, 0.3) is 0 Å². The van der Waals surface area contributed by atoms with Gasteiger partial charge in [0, 0.05) is 5.69 Å². The van der Waals surface area contributed by atoms with Crippen molar-refractivity contribution >= 4 is 23.4 Å². The number of aromatic nitrogens is 3. The Bertz CT molecular complexity index is 692. The molecule has 0 aliphatic carbocycles. The Hall–Kier alpha value is -1.95. The minimum atomic E-state index is -0.0677. The molecule has 1 amide bonds. The maximum absolute atomic E-state index is 12.1. The average molecular weight is 316 g/mol. The number of carbonyl (C=O) groups is 1. The quantitative estimate of drug-likeness (QED) is 0.878. The number of nitrogens with one attached hydrogen (secondary N) is 1. The molecule has 1 heterocycles. The van der Waals surface area contributed by atoms with Gasteiger partial charge in [0.2, 0.25) is 11.1 Å². The van der Waals surface area contributed by atoms with Gasteiger partial charge in [-0.05, 0) is 45.7 Å². The molecule has 0 fully saturated rings. The Balaban J connectivity index is 2.00. The Morgan fingerprint density at radius 2 is 1.68 bits per heavy atom. The molecule has 2 aromatic rings. The summed E-state index contributed by atoms with van der Waals surface area (Å²) in [6, 6.07) is 4.12. The lowest BCUT2D eigenvalue weighted by Gasteiger charge is -2.12. The number of aryl methyl sites for hydroxylation is 5. The lowest BCUT2D eigenvalue weighted by molar-refractivity contribution is -0.113. The maximum atomic E-state index is 12.1. The van der Waals surface area contributed by atoms with E-state index >= 15 is 0 Å². The van der Waals surface area contributed by atoms with Crippen molar-refractivity contribution < 1.29 is 4.79 Å². The van der Waals surface area contributed by atoms with E-state index in [4.69, 9.17) is 0 Å². The molecule has 1 aromatic carbocycles. The summed E-state index contributed by atoms with van der Waals surface area (Å²) in [7, 11) is 0. The van der Waals surface area contributed by atoms with Gasteiger partial charge in [0.1, 0.15) is 0 Å². The van der Waals surface area contributed by atoms with Crippen LogP contribution >= 0.6 is 11.8 Å². The van der Waals surface area contributed by atoms with Crippen molar-refractivity contribution in [3.8, 4) is 0 Å². The molecule has 6 heteroatoms. The number of anilines is 1. The highest BCUT2D eigenvalue weighted by Gasteiger charge is 2.10. The monoisotopic (exact) mass is 316 g/mol. The summed E-state index contributed by atoms with van der Waals surface area (Å²) in [6.45, 7) is 9.79. The van der Waals surface area contributed by atoms with Crippen LogP contribution in [0.15, 0.2) is 17.3 Å². The first-order valence-corrected chi connectivity index (χ1v) is 8.04. The molecular weight excluding hydrogens is 296 g/mol. The number of carbonyl (C=O) groups excluding carboxylic acids is 1. The van der Waals surface area contributed by atoms with Crippen molar-refractivity contribution in [2.75, 3.05) is 11.1 Å². The first-order valence-electron chi connectivity index (χ1n) is 7.05. The summed E-state index contributed by atoms with van der Waals surface area (Å²) in [5.41, 5.74) is 5.86.